The second kappa shape index (κ2) is 6.10. The monoisotopic (exact) mass is 337 g/mol. The van der Waals surface area contributed by atoms with Crippen molar-refractivity contribution in [3.05, 3.63) is 42.4 Å². The van der Waals surface area contributed by atoms with Crippen molar-refractivity contribution in [1.29, 1.82) is 0 Å². The van der Waals surface area contributed by atoms with Gasteiger partial charge in [-0.25, -0.2) is 0 Å². The van der Waals surface area contributed by atoms with Crippen LogP contribution in [0.25, 0.3) is 11.3 Å². The molecule has 0 aliphatic carbocycles. The highest BCUT2D eigenvalue weighted by atomic mass is 19.4. The molecule has 8 heteroatoms. The van der Waals surface area contributed by atoms with E-state index < -0.39 is 11.9 Å². The molecule has 0 unspecified atom stereocenters. The van der Waals surface area contributed by atoms with Crippen molar-refractivity contribution >= 4 is 11.7 Å². The molecule has 0 saturated carbocycles. The minimum Gasteiger partial charge on any atom is -0.469 e. The highest BCUT2D eigenvalue weighted by Gasteiger charge is 2.34. The summed E-state index contributed by atoms with van der Waals surface area (Å²) in [5.74, 6) is -0.436. The molecular formula is C16H14F3N3O2. The maximum atomic E-state index is 12.8. The van der Waals surface area contributed by atoms with Crippen LogP contribution in [0.4, 0.5) is 18.9 Å². The Morgan fingerprint density at radius 2 is 1.92 bits per heavy atom. The third kappa shape index (κ3) is 3.17. The van der Waals surface area contributed by atoms with E-state index in [4.69, 9.17) is 0 Å². The number of anilines is 1. The van der Waals surface area contributed by atoms with Gasteiger partial charge in [-0.1, -0.05) is 0 Å². The van der Waals surface area contributed by atoms with Crippen molar-refractivity contribution in [3.8, 4) is 11.3 Å². The predicted octanol–water partition coefficient (Wildman–Crippen LogP) is 2.77. The summed E-state index contributed by atoms with van der Waals surface area (Å²) in [7, 11) is 1.34. The third-order valence-corrected chi connectivity index (χ3v) is 3.87. The fraction of sp³-hybridized carbons (Fsp3) is 0.312. The van der Waals surface area contributed by atoms with Gasteiger partial charge in [0.05, 0.1) is 18.7 Å². The molecule has 0 N–H and O–H groups in total. The zero-order valence-corrected chi connectivity index (χ0v) is 12.7. The molecule has 3 rings (SSSR count). The van der Waals surface area contributed by atoms with E-state index in [1.807, 2.05) is 4.90 Å². The zero-order chi connectivity index (χ0) is 17.3. The van der Waals surface area contributed by atoms with E-state index >= 15 is 0 Å². The van der Waals surface area contributed by atoms with E-state index in [2.05, 4.69) is 14.7 Å². The molecule has 2 aromatic heterocycles. The first kappa shape index (κ1) is 16.2. The molecule has 1 saturated heterocycles. The molecule has 24 heavy (non-hydrogen) atoms. The molecule has 0 atom stereocenters. The second-order valence-corrected chi connectivity index (χ2v) is 5.45. The number of carbonyl (C=O) groups excluding carboxylic acids is 1. The average molecular weight is 337 g/mol. The summed E-state index contributed by atoms with van der Waals surface area (Å²) in [6.07, 6.45) is -1.86. The van der Waals surface area contributed by atoms with Crippen molar-refractivity contribution in [2.75, 3.05) is 25.1 Å². The molecule has 1 fully saturated rings. The smallest absolute Gasteiger partial charge is 0.433 e. The number of rotatable bonds is 3. The molecular weight excluding hydrogens is 323 g/mol. The number of nitrogens with zero attached hydrogens (tertiary/aromatic N) is 3. The Labute approximate surface area is 136 Å². The lowest BCUT2D eigenvalue weighted by Gasteiger charge is -2.39. The Bertz CT molecular complexity index is 758. The van der Waals surface area contributed by atoms with Crippen LogP contribution < -0.4 is 4.90 Å². The summed E-state index contributed by atoms with van der Waals surface area (Å²) in [6.45, 7) is 1.03. The van der Waals surface area contributed by atoms with Crippen LogP contribution >= 0.6 is 0 Å². The molecule has 0 radical (unpaired) electrons. The van der Waals surface area contributed by atoms with Crippen LogP contribution in [-0.2, 0) is 15.7 Å². The normalized spacial score (nSPS) is 15.1. The van der Waals surface area contributed by atoms with E-state index in [0.29, 0.717) is 24.3 Å². The molecule has 2 aromatic rings. The lowest BCUT2D eigenvalue weighted by atomic mass is 9.99. The Balaban J connectivity index is 1.81. The highest BCUT2D eigenvalue weighted by molar-refractivity contribution is 5.77. The van der Waals surface area contributed by atoms with Crippen LogP contribution in [0.2, 0.25) is 0 Å². The SMILES string of the molecule is COC(=O)C1CN(c2ccnc(-c3ccnc(C(F)(F)F)c3)c2)C1. The molecule has 1 aliphatic heterocycles. The van der Waals surface area contributed by atoms with Crippen molar-refractivity contribution in [2.24, 2.45) is 5.92 Å². The summed E-state index contributed by atoms with van der Waals surface area (Å²) in [4.78, 5) is 20.8. The molecule has 5 nitrogen and oxygen atoms in total. The molecule has 0 bridgehead atoms. The predicted molar refractivity (Wildman–Crippen MR) is 80.2 cm³/mol. The summed E-state index contributed by atoms with van der Waals surface area (Å²) in [6, 6.07) is 5.90. The quantitative estimate of drug-likeness (QED) is 0.806. The number of carbonyl (C=O) groups is 1. The third-order valence-electron chi connectivity index (χ3n) is 3.87. The van der Waals surface area contributed by atoms with E-state index in [-0.39, 0.29) is 11.9 Å². The standard InChI is InChI=1S/C16H14F3N3O2/c1-24-15(23)11-8-22(9-11)12-3-5-20-13(7-12)10-2-4-21-14(6-10)16(17,18)19/h2-7,11H,8-9H2,1H3. The van der Waals surface area contributed by atoms with Crippen molar-refractivity contribution in [2.45, 2.75) is 6.18 Å². The van der Waals surface area contributed by atoms with Crippen LogP contribution in [0.3, 0.4) is 0 Å². The first-order valence-corrected chi connectivity index (χ1v) is 7.21. The number of hydrogen-bond acceptors (Lipinski definition) is 5. The number of ether oxygens (including phenoxy) is 1. The zero-order valence-electron chi connectivity index (χ0n) is 12.7. The van der Waals surface area contributed by atoms with E-state index in [1.54, 1.807) is 12.1 Å². The molecule has 126 valence electrons. The van der Waals surface area contributed by atoms with Gasteiger partial charge >= 0.3 is 12.1 Å². The lowest BCUT2D eigenvalue weighted by Crippen LogP contribution is -2.50. The molecule has 0 spiro atoms. The van der Waals surface area contributed by atoms with Crippen LogP contribution in [0.5, 0.6) is 0 Å². The van der Waals surface area contributed by atoms with E-state index in [9.17, 15) is 18.0 Å². The van der Waals surface area contributed by atoms with Gasteiger partial charge in [-0.2, -0.15) is 13.2 Å². The second-order valence-electron chi connectivity index (χ2n) is 5.45. The van der Waals surface area contributed by atoms with E-state index in [1.165, 1.54) is 19.4 Å². The summed E-state index contributed by atoms with van der Waals surface area (Å²) < 4.78 is 43.0. The van der Waals surface area contributed by atoms with Gasteiger partial charge in [-0.05, 0) is 24.3 Å². The Kier molecular flexibility index (Phi) is 4.13. The summed E-state index contributed by atoms with van der Waals surface area (Å²) >= 11 is 0. The van der Waals surface area contributed by atoms with Crippen molar-refractivity contribution in [3.63, 3.8) is 0 Å². The number of hydrogen-bond donors (Lipinski definition) is 0. The maximum Gasteiger partial charge on any atom is 0.433 e. The number of esters is 1. The van der Waals surface area contributed by atoms with Crippen molar-refractivity contribution in [1.82, 2.24) is 9.97 Å². The summed E-state index contributed by atoms with van der Waals surface area (Å²) in [5.41, 5.74) is 0.596. The van der Waals surface area contributed by atoms with Gasteiger partial charge in [0.15, 0.2) is 0 Å². The minimum atomic E-state index is -4.50. The fourth-order valence-corrected chi connectivity index (χ4v) is 2.52. The van der Waals surface area contributed by atoms with Gasteiger partial charge < -0.3 is 9.64 Å². The Morgan fingerprint density at radius 3 is 2.58 bits per heavy atom. The molecule has 0 aromatic carbocycles. The highest BCUT2D eigenvalue weighted by Crippen LogP contribution is 2.32. The van der Waals surface area contributed by atoms with Gasteiger partial charge in [0.25, 0.3) is 0 Å². The van der Waals surface area contributed by atoms with Crippen LogP contribution in [-0.4, -0.2) is 36.1 Å². The number of methoxy groups -OCH3 is 1. The fourth-order valence-electron chi connectivity index (χ4n) is 2.52. The molecule has 0 amide bonds. The first-order chi connectivity index (χ1) is 11.4. The van der Waals surface area contributed by atoms with Gasteiger partial charge in [0, 0.05) is 36.7 Å². The number of halogens is 3. The lowest BCUT2D eigenvalue weighted by molar-refractivity contribution is -0.146. The van der Waals surface area contributed by atoms with Crippen molar-refractivity contribution < 1.29 is 22.7 Å². The first-order valence-electron chi connectivity index (χ1n) is 7.21. The van der Waals surface area contributed by atoms with Gasteiger partial charge in [-0.15, -0.1) is 0 Å². The minimum absolute atomic E-state index is 0.177. The number of pyridine rings is 2. The van der Waals surface area contributed by atoms with Crippen LogP contribution in [0, 0.1) is 5.92 Å². The van der Waals surface area contributed by atoms with Gasteiger partial charge in [-0.3, -0.25) is 14.8 Å². The number of aromatic nitrogens is 2. The largest absolute Gasteiger partial charge is 0.469 e. The topological polar surface area (TPSA) is 55.3 Å². The van der Waals surface area contributed by atoms with E-state index in [0.717, 1.165) is 18.0 Å². The maximum absolute atomic E-state index is 12.8. The van der Waals surface area contributed by atoms with Crippen LogP contribution in [0.1, 0.15) is 5.69 Å². The number of alkyl halides is 3. The Morgan fingerprint density at radius 1 is 1.21 bits per heavy atom. The Hall–Kier alpha value is -2.64. The average Bonchev–Trinajstić information content (AvgIpc) is 2.53. The van der Waals surface area contributed by atoms with Gasteiger partial charge in [0.1, 0.15) is 5.69 Å². The molecule has 1 aliphatic rings. The van der Waals surface area contributed by atoms with Crippen LogP contribution in [0.15, 0.2) is 36.7 Å². The summed E-state index contributed by atoms with van der Waals surface area (Å²) in [5, 5.41) is 0. The van der Waals surface area contributed by atoms with Gasteiger partial charge in [0.2, 0.25) is 0 Å². The molecule has 3 heterocycles.